The Morgan fingerprint density at radius 3 is 1.24 bits per heavy atom. The van der Waals surface area contributed by atoms with Gasteiger partial charge in [-0.1, -0.05) is 26.0 Å². The zero-order valence-electron chi connectivity index (χ0n) is 29.6. The number of ether oxygens (including phenoxy) is 8. The summed E-state index contributed by atoms with van der Waals surface area (Å²) in [5, 5.41) is 0. The molecule has 4 aliphatic rings. The van der Waals surface area contributed by atoms with Crippen LogP contribution in [-0.4, -0.2) is 100 Å². The van der Waals surface area contributed by atoms with E-state index in [1.54, 1.807) is 0 Å². The molecule has 282 valence electrons. The van der Waals surface area contributed by atoms with Gasteiger partial charge in [-0.2, -0.15) is 0 Å². The van der Waals surface area contributed by atoms with Crippen LogP contribution in [0.3, 0.4) is 0 Å². The first-order valence-corrected chi connectivity index (χ1v) is 18.8. The van der Waals surface area contributed by atoms with Gasteiger partial charge in [0.1, 0.15) is 12.2 Å². The first-order chi connectivity index (χ1) is 24.4. The number of hydrogen-bond acceptors (Lipinski definition) is 12. The Bertz CT molecular complexity index is 994. The number of unbranched alkanes of at least 4 members (excludes halogenated alkanes) is 6. The van der Waals surface area contributed by atoms with Crippen molar-refractivity contribution in [3.8, 4) is 0 Å². The van der Waals surface area contributed by atoms with E-state index in [-0.39, 0.29) is 61.1 Å². The van der Waals surface area contributed by atoms with E-state index in [4.69, 9.17) is 37.9 Å². The van der Waals surface area contributed by atoms with Gasteiger partial charge in [0, 0.05) is 25.4 Å². The van der Waals surface area contributed by atoms with Gasteiger partial charge in [0.25, 0.3) is 0 Å². The first kappa shape index (κ1) is 40.0. The molecule has 0 aromatic carbocycles. The summed E-state index contributed by atoms with van der Waals surface area (Å²) in [6, 6.07) is 0. The zero-order chi connectivity index (χ0) is 35.6. The standard InChI is InChI=1S/C38H58O12/c1-3-33(39)45-23-11-7-5-9-21-43-29-17-13-27(14-18-29)37(41)49-31-25-47-36-32(26-48-35(31)36)50-38(42)28-15-19-30(20-16-28)44-22-10-6-8-12-24-46-34(40)4-2/h3-4,27-32,35-36H,1-2,5-26H2. The summed E-state index contributed by atoms with van der Waals surface area (Å²) < 4.78 is 45.7. The summed E-state index contributed by atoms with van der Waals surface area (Å²) in [5.41, 5.74) is 0. The van der Waals surface area contributed by atoms with Crippen molar-refractivity contribution in [2.45, 2.75) is 139 Å². The molecule has 0 spiro atoms. The van der Waals surface area contributed by atoms with Gasteiger partial charge in [0.15, 0.2) is 12.2 Å². The third kappa shape index (κ3) is 13.4. The molecule has 2 aliphatic carbocycles. The molecule has 12 heteroatoms. The fraction of sp³-hybridized carbons (Fsp3) is 0.789. The van der Waals surface area contributed by atoms with Crippen LogP contribution in [0, 0.1) is 11.8 Å². The van der Waals surface area contributed by atoms with E-state index in [0.29, 0.717) is 26.4 Å². The zero-order valence-corrected chi connectivity index (χ0v) is 29.6. The van der Waals surface area contributed by atoms with Gasteiger partial charge < -0.3 is 37.9 Å². The molecule has 4 unspecified atom stereocenters. The molecule has 0 aromatic rings. The van der Waals surface area contributed by atoms with E-state index in [9.17, 15) is 19.2 Å². The molecule has 0 N–H and O–H groups in total. The van der Waals surface area contributed by atoms with Crippen LogP contribution in [0.25, 0.3) is 0 Å². The van der Waals surface area contributed by atoms with Crippen LogP contribution in [-0.2, 0) is 57.1 Å². The number of rotatable bonds is 22. The van der Waals surface area contributed by atoms with E-state index >= 15 is 0 Å². The van der Waals surface area contributed by atoms with Gasteiger partial charge in [0.2, 0.25) is 0 Å². The number of fused-ring (bicyclic) bond motifs is 1. The van der Waals surface area contributed by atoms with Crippen molar-refractivity contribution in [1.82, 2.24) is 0 Å². The van der Waals surface area contributed by atoms with Crippen LogP contribution in [0.2, 0.25) is 0 Å². The summed E-state index contributed by atoms with van der Waals surface area (Å²) in [6.07, 6.45) is 14.6. The van der Waals surface area contributed by atoms with Crippen molar-refractivity contribution in [3.63, 3.8) is 0 Å². The molecule has 4 rings (SSSR count). The Morgan fingerprint density at radius 2 is 0.880 bits per heavy atom. The average molecular weight is 707 g/mol. The first-order valence-electron chi connectivity index (χ1n) is 18.8. The lowest BCUT2D eigenvalue weighted by Gasteiger charge is -2.28. The van der Waals surface area contributed by atoms with Crippen molar-refractivity contribution in [2.24, 2.45) is 11.8 Å². The topological polar surface area (TPSA) is 142 Å². The molecule has 2 aliphatic heterocycles. The second-order valence-corrected chi connectivity index (χ2v) is 13.8. The molecule has 2 saturated heterocycles. The van der Waals surface area contributed by atoms with E-state index in [0.717, 1.165) is 103 Å². The average Bonchev–Trinajstić information content (AvgIpc) is 3.73. The van der Waals surface area contributed by atoms with Crippen molar-refractivity contribution >= 4 is 23.9 Å². The summed E-state index contributed by atoms with van der Waals surface area (Å²) in [5.74, 6) is -1.53. The van der Waals surface area contributed by atoms with Crippen LogP contribution in [0.1, 0.15) is 103 Å². The predicted octanol–water partition coefficient (Wildman–Crippen LogP) is 5.34. The minimum atomic E-state index is -0.507. The van der Waals surface area contributed by atoms with Gasteiger partial charge in [-0.15, -0.1) is 0 Å². The van der Waals surface area contributed by atoms with Gasteiger partial charge in [-0.3, -0.25) is 9.59 Å². The molecule has 0 aromatic heterocycles. The number of hydrogen-bond donors (Lipinski definition) is 0. The van der Waals surface area contributed by atoms with Crippen molar-refractivity contribution in [2.75, 3.05) is 39.6 Å². The van der Waals surface area contributed by atoms with E-state index in [1.807, 2.05) is 0 Å². The fourth-order valence-corrected chi connectivity index (χ4v) is 7.13. The Kier molecular flexibility index (Phi) is 17.8. The van der Waals surface area contributed by atoms with E-state index in [1.165, 1.54) is 12.2 Å². The number of esters is 4. The van der Waals surface area contributed by atoms with Gasteiger partial charge in [-0.05, 0) is 89.9 Å². The third-order valence-corrected chi connectivity index (χ3v) is 10.1. The second kappa shape index (κ2) is 22.2. The molecule has 0 radical (unpaired) electrons. The smallest absolute Gasteiger partial charge is 0.330 e. The van der Waals surface area contributed by atoms with Crippen LogP contribution < -0.4 is 0 Å². The highest BCUT2D eigenvalue weighted by atomic mass is 16.7. The number of carbonyl (C=O) groups excluding carboxylic acids is 4. The van der Waals surface area contributed by atoms with E-state index < -0.39 is 24.4 Å². The monoisotopic (exact) mass is 706 g/mol. The molecule has 4 atom stereocenters. The van der Waals surface area contributed by atoms with Gasteiger partial charge >= 0.3 is 23.9 Å². The maximum Gasteiger partial charge on any atom is 0.330 e. The van der Waals surface area contributed by atoms with Crippen LogP contribution >= 0.6 is 0 Å². The molecule has 12 nitrogen and oxygen atoms in total. The Balaban J connectivity index is 1.02. The predicted molar refractivity (Wildman–Crippen MR) is 182 cm³/mol. The SMILES string of the molecule is C=CC(=O)OCCCCCCOC1CCC(C(=O)OC2COC3C(OC(=O)C4CCC(OCCCCCCOC(=O)C=C)CC4)COC23)CC1. The lowest BCUT2D eigenvalue weighted by Crippen LogP contribution is -2.38. The highest BCUT2D eigenvalue weighted by Gasteiger charge is 2.52. The molecular formula is C38H58O12. The Morgan fingerprint density at radius 1 is 0.520 bits per heavy atom. The third-order valence-electron chi connectivity index (χ3n) is 10.1. The van der Waals surface area contributed by atoms with Crippen LogP contribution in [0.4, 0.5) is 0 Å². The molecule has 2 heterocycles. The van der Waals surface area contributed by atoms with Crippen LogP contribution in [0.15, 0.2) is 25.3 Å². The normalized spacial score (nSPS) is 29.0. The van der Waals surface area contributed by atoms with Crippen molar-refractivity contribution < 1.29 is 57.1 Å². The molecular weight excluding hydrogens is 648 g/mol. The maximum atomic E-state index is 13.0. The maximum absolute atomic E-state index is 13.0. The molecule has 50 heavy (non-hydrogen) atoms. The van der Waals surface area contributed by atoms with Crippen molar-refractivity contribution in [1.29, 1.82) is 0 Å². The van der Waals surface area contributed by atoms with Gasteiger partial charge in [-0.25, -0.2) is 9.59 Å². The summed E-state index contributed by atoms with van der Waals surface area (Å²) >= 11 is 0. The quantitative estimate of drug-likeness (QED) is 0.0621. The molecule has 0 amide bonds. The Labute approximate surface area is 296 Å². The summed E-state index contributed by atoms with van der Waals surface area (Å²) in [4.78, 5) is 48.2. The second-order valence-electron chi connectivity index (χ2n) is 13.8. The van der Waals surface area contributed by atoms with Crippen molar-refractivity contribution in [3.05, 3.63) is 25.3 Å². The summed E-state index contributed by atoms with van der Waals surface area (Å²) in [6.45, 7) is 9.44. The molecule has 2 saturated carbocycles. The summed E-state index contributed by atoms with van der Waals surface area (Å²) in [7, 11) is 0. The lowest BCUT2D eigenvalue weighted by atomic mass is 9.87. The number of carbonyl (C=O) groups is 4. The highest BCUT2D eigenvalue weighted by Crippen LogP contribution is 2.35. The fourth-order valence-electron chi connectivity index (χ4n) is 7.13. The largest absolute Gasteiger partial charge is 0.463 e. The lowest BCUT2D eigenvalue weighted by molar-refractivity contribution is -0.162. The van der Waals surface area contributed by atoms with Crippen LogP contribution in [0.5, 0.6) is 0 Å². The van der Waals surface area contributed by atoms with Gasteiger partial charge in [0.05, 0.1) is 50.5 Å². The van der Waals surface area contributed by atoms with E-state index in [2.05, 4.69) is 13.2 Å². The Hall–Kier alpha value is -2.80. The minimum absolute atomic E-state index is 0.160. The molecule has 0 bridgehead atoms. The molecule has 4 fully saturated rings. The minimum Gasteiger partial charge on any atom is -0.463 e. The highest BCUT2D eigenvalue weighted by molar-refractivity contribution is 5.81.